The van der Waals surface area contributed by atoms with Gasteiger partial charge in [-0.2, -0.15) is 0 Å². The molecule has 1 fully saturated rings. The maximum Gasteiger partial charge on any atom is 0.340 e. The van der Waals surface area contributed by atoms with Crippen molar-refractivity contribution in [3.63, 3.8) is 0 Å². The number of likely N-dealkylation sites (tertiary alicyclic amines) is 1. The molecule has 0 saturated carbocycles. The van der Waals surface area contributed by atoms with E-state index < -0.39 is 11.9 Å². The Kier molecular flexibility index (Phi) is 5.99. The first-order valence-corrected chi connectivity index (χ1v) is 10.7. The molecule has 7 heteroatoms. The number of primary amides is 1. The minimum atomic E-state index is -0.576. The lowest BCUT2D eigenvalue weighted by Crippen LogP contribution is -2.45. The average Bonchev–Trinajstić information content (AvgIpc) is 3.28. The highest BCUT2D eigenvalue weighted by Gasteiger charge is 2.32. The first kappa shape index (κ1) is 21.6. The number of hydrogen-bond acceptors (Lipinski definition) is 5. The van der Waals surface area contributed by atoms with Crippen LogP contribution in [0.1, 0.15) is 35.1 Å². The number of benzene rings is 2. The van der Waals surface area contributed by atoms with E-state index in [0.29, 0.717) is 41.8 Å². The second kappa shape index (κ2) is 8.86. The third kappa shape index (κ3) is 4.10. The molecule has 2 N–H and O–H groups in total. The molecule has 32 heavy (non-hydrogen) atoms. The van der Waals surface area contributed by atoms with E-state index in [1.807, 2.05) is 43.3 Å². The Hall–Kier alpha value is -3.61. The average molecular weight is 434 g/mol. The van der Waals surface area contributed by atoms with Crippen molar-refractivity contribution in [2.75, 3.05) is 13.2 Å². The van der Waals surface area contributed by atoms with Crippen LogP contribution in [0.2, 0.25) is 0 Å². The van der Waals surface area contributed by atoms with Crippen molar-refractivity contribution in [2.24, 2.45) is 5.73 Å². The quantitative estimate of drug-likeness (QED) is 0.601. The number of rotatable bonds is 6. The van der Waals surface area contributed by atoms with E-state index in [4.69, 9.17) is 14.9 Å². The number of nitrogens with two attached hydrogens (primary N) is 1. The van der Waals surface area contributed by atoms with Crippen LogP contribution >= 0.6 is 0 Å². The summed E-state index contributed by atoms with van der Waals surface area (Å²) in [7, 11) is 0. The number of carbonyl (C=O) groups is 2. The highest BCUT2D eigenvalue weighted by molar-refractivity contribution is 5.88. The van der Waals surface area contributed by atoms with Crippen molar-refractivity contribution in [3.8, 4) is 5.75 Å². The summed E-state index contributed by atoms with van der Waals surface area (Å²) in [5, 5.41) is 0.833. The van der Waals surface area contributed by atoms with Crippen molar-refractivity contribution in [3.05, 3.63) is 75.1 Å². The van der Waals surface area contributed by atoms with Crippen LogP contribution in [0.15, 0.2) is 51.7 Å². The Bertz CT molecular complexity index is 1230. The summed E-state index contributed by atoms with van der Waals surface area (Å²) >= 11 is 0. The van der Waals surface area contributed by atoms with Gasteiger partial charge in [-0.15, -0.1) is 0 Å². The summed E-state index contributed by atoms with van der Waals surface area (Å²) in [4.78, 5) is 38.3. The number of ether oxygens (including phenoxy) is 1. The number of fused-ring (bicyclic) bond motifs is 1. The monoisotopic (exact) mass is 434 g/mol. The third-order valence-corrected chi connectivity index (χ3v) is 6.13. The molecule has 3 aromatic rings. The normalized spacial score (nSPS) is 15.8. The standard InChI is InChI=1S/C25H26N2O5/c1-15-18-10-11-21(31-14-22(28)27-12-6-9-20(27)24(26)29)16(2)23(18)32-25(30)19(15)13-17-7-4-3-5-8-17/h3-5,7-8,10-11,20H,6,9,12-14H2,1-2H3,(H2,26,29)/t20-/m1/s1. The number of amides is 2. The predicted molar refractivity (Wildman–Crippen MR) is 121 cm³/mol. The molecule has 0 aliphatic carbocycles. The number of carbonyl (C=O) groups excluding carboxylic acids is 2. The summed E-state index contributed by atoms with van der Waals surface area (Å²) < 4.78 is 11.4. The van der Waals surface area contributed by atoms with E-state index in [2.05, 4.69) is 0 Å². The lowest BCUT2D eigenvalue weighted by atomic mass is 9.98. The van der Waals surface area contributed by atoms with Crippen molar-refractivity contribution < 1.29 is 18.7 Å². The van der Waals surface area contributed by atoms with Gasteiger partial charge in [0.1, 0.15) is 17.4 Å². The molecule has 1 saturated heterocycles. The van der Waals surface area contributed by atoms with Crippen molar-refractivity contribution >= 4 is 22.8 Å². The fourth-order valence-corrected chi connectivity index (χ4v) is 4.31. The molecule has 166 valence electrons. The molecule has 4 rings (SSSR count). The molecule has 0 radical (unpaired) electrons. The van der Waals surface area contributed by atoms with E-state index in [1.165, 1.54) is 4.90 Å². The van der Waals surface area contributed by atoms with E-state index in [9.17, 15) is 14.4 Å². The van der Waals surface area contributed by atoms with E-state index in [0.717, 1.165) is 22.9 Å². The molecule has 1 aliphatic heterocycles. The second-order valence-corrected chi connectivity index (χ2v) is 8.16. The van der Waals surface area contributed by atoms with Gasteiger partial charge in [0, 0.05) is 29.5 Å². The van der Waals surface area contributed by atoms with Gasteiger partial charge >= 0.3 is 5.63 Å². The largest absolute Gasteiger partial charge is 0.483 e. The lowest BCUT2D eigenvalue weighted by molar-refractivity contribution is -0.138. The van der Waals surface area contributed by atoms with Gasteiger partial charge in [-0.25, -0.2) is 4.79 Å². The molecule has 0 unspecified atom stereocenters. The Balaban J connectivity index is 1.58. The molecule has 7 nitrogen and oxygen atoms in total. The Morgan fingerprint density at radius 2 is 1.88 bits per heavy atom. The molecule has 1 aliphatic rings. The molecule has 1 aromatic heterocycles. The summed E-state index contributed by atoms with van der Waals surface area (Å²) in [6.07, 6.45) is 1.81. The predicted octanol–water partition coefficient (Wildman–Crippen LogP) is 2.86. The van der Waals surface area contributed by atoms with Gasteiger partial charge in [-0.3, -0.25) is 9.59 Å². The second-order valence-electron chi connectivity index (χ2n) is 8.16. The highest BCUT2D eigenvalue weighted by atomic mass is 16.5. The van der Waals surface area contributed by atoms with Crippen LogP contribution in [0.3, 0.4) is 0 Å². The van der Waals surface area contributed by atoms with E-state index in [-0.39, 0.29) is 18.1 Å². The fraction of sp³-hybridized carbons (Fsp3) is 0.320. The van der Waals surface area contributed by atoms with Crippen molar-refractivity contribution in [1.29, 1.82) is 0 Å². The Labute approximate surface area is 185 Å². The number of nitrogens with zero attached hydrogens (tertiary/aromatic N) is 1. The SMILES string of the molecule is Cc1c(Cc2ccccc2)c(=O)oc2c(C)c(OCC(=O)N3CCC[C@@H]3C(N)=O)ccc12. The zero-order chi connectivity index (χ0) is 22.8. The first-order chi connectivity index (χ1) is 15.4. The molecule has 2 aromatic carbocycles. The maximum absolute atomic E-state index is 12.7. The fourth-order valence-electron chi connectivity index (χ4n) is 4.31. The molecule has 2 amide bonds. The Morgan fingerprint density at radius 3 is 2.59 bits per heavy atom. The minimum Gasteiger partial charge on any atom is -0.483 e. The molecular weight excluding hydrogens is 408 g/mol. The van der Waals surface area contributed by atoms with Crippen molar-refractivity contribution in [1.82, 2.24) is 4.90 Å². The molecular formula is C25H26N2O5. The molecule has 0 bridgehead atoms. The molecule has 0 spiro atoms. The van der Waals surface area contributed by atoms with Gasteiger partial charge in [0.25, 0.3) is 5.91 Å². The van der Waals surface area contributed by atoms with Crippen LogP contribution in [-0.4, -0.2) is 35.9 Å². The first-order valence-electron chi connectivity index (χ1n) is 10.7. The van der Waals surface area contributed by atoms with Gasteiger partial charge < -0.3 is 19.8 Å². The van der Waals surface area contributed by atoms with Crippen molar-refractivity contribution in [2.45, 2.75) is 39.2 Å². The highest BCUT2D eigenvalue weighted by Crippen LogP contribution is 2.30. The summed E-state index contributed by atoms with van der Waals surface area (Å²) in [6, 6.07) is 12.8. The van der Waals surface area contributed by atoms with Gasteiger partial charge in [0.05, 0.1) is 0 Å². The van der Waals surface area contributed by atoms with Crippen LogP contribution in [0, 0.1) is 13.8 Å². The zero-order valence-electron chi connectivity index (χ0n) is 18.2. The lowest BCUT2D eigenvalue weighted by Gasteiger charge is -2.22. The van der Waals surface area contributed by atoms with Gasteiger partial charge in [-0.05, 0) is 49.9 Å². The summed E-state index contributed by atoms with van der Waals surface area (Å²) in [6.45, 7) is 3.98. The van der Waals surface area contributed by atoms with Gasteiger partial charge in [-0.1, -0.05) is 30.3 Å². The maximum atomic E-state index is 12.7. The summed E-state index contributed by atoms with van der Waals surface area (Å²) in [5.41, 5.74) is 8.64. The van der Waals surface area contributed by atoms with Gasteiger partial charge in [0.15, 0.2) is 6.61 Å². The van der Waals surface area contributed by atoms with Crippen LogP contribution in [0.5, 0.6) is 5.75 Å². The molecule has 1 atom stereocenters. The third-order valence-electron chi connectivity index (χ3n) is 6.13. The Morgan fingerprint density at radius 1 is 1.12 bits per heavy atom. The molecule has 2 heterocycles. The number of hydrogen-bond donors (Lipinski definition) is 1. The topological polar surface area (TPSA) is 103 Å². The van der Waals surface area contributed by atoms with Crippen LogP contribution in [0.4, 0.5) is 0 Å². The van der Waals surface area contributed by atoms with E-state index >= 15 is 0 Å². The van der Waals surface area contributed by atoms with Crippen LogP contribution in [0.25, 0.3) is 11.0 Å². The van der Waals surface area contributed by atoms with E-state index in [1.54, 1.807) is 13.0 Å². The smallest absolute Gasteiger partial charge is 0.340 e. The number of aryl methyl sites for hydroxylation is 2. The summed E-state index contributed by atoms with van der Waals surface area (Å²) in [5.74, 6) is -0.332. The van der Waals surface area contributed by atoms with Crippen LogP contribution < -0.4 is 16.1 Å². The minimum absolute atomic E-state index is 0.217. The van der Waals surface area contributed by atoms with Crippen LogP contribution in [-0.2, 0) is 16.0 Å². The van der Waals surface area contributed by atoms with Gasteiger partial charge in [0.2, 0.25) is 5.91 Å². The zero-order valence-corrected chi connectivity index (χ0v) is 18.2.